The van der Waals surface area contributed by atoms with Crippen molar-refractivity contribution in [2.24, 2.45) is 11.3 Å². The summed E-state index contributed by atoms with van der Waals surface area (Å²) in [5, 5.41) is 8.96. The third kappa shape index (κ3) is 4.13. The van der Waals surface area contributed by atoms with Crippen molar-refractivity contribution in [3.05, 3.63) is 0 Å². The van der Waals surface area contributed by atoms with Crippen LogP contribution in [-0.4, -0.2) is 68.2 Å². The third-order valence-corrected chi connectivity index (χ3v) is 5.77. The Labute approximate surface area is 160 Å². The average Bonchev–Trinajstić information content (AvgIpc) is 3.41. The minimum atomic E-state index is -0.844. The van der Waals surface area contributed by atoms with Crippen molar-refractivity contribution in [1.82, 2.24) is 20.9 Å². The number of imide groups is 1. The van der Waals surface area contributed by atoms with E-state index in [2.05, 4.69) is 16.0 Å². The van der Waals surface area contributed by atoms with Gasteiger partial charge in [-0.3, -0.25) is 14.5 Å². The summed E-state index contributed by atoms with van der Waals surface area (Å²) in [4.78, 5) is 38.1. The lowest BCUT2D eigenvalue weighted by Crippen LogP contribution is -2.50. The molecule has 148 valence electrons. The summed E-state index contributed by atoms with van der Waals surface area (Å²) in [6.07, 6.45) is 3.72. The lowest BCUT2D eigenvalue weighted by atomic mass is 9.79. The molecule has 0 aromatic heterocycles. The number of carbonyl (C=O) groups excluding carboxylic acids is 3. The molecule has 26 heavy (non-hydrogen) atoms. The highest BCUT2D eigenvalue weighted by Crippen LogP contribution is 2.42. The first kappa shape index (κ1) is 20.9. The molecular formula is C17H29ClN4O4. The Balaban J connectivity index is 0.00000243. The number of nitrogens with zero attached hydrogens (tertiary/aromatic N) is 1. The van der Waals surface area contributed by atoms with Crippen molar-refractivity contribution >= 4 is 30.3 Å². The van der Waals surface area contributed by atoms with Gasteiger partial charge < -0.3 is 20.7 Å². The molecule has 2 saturated heterocycles. The van der Waals surface area contributed by atoms with Crippen LogP contribution in [0.2, 0.25) is 0 Å². The monoisotopic (exact) mass is 388 g/mol. The Bertz CT molecular complexity index is 557. The van der Waals surface area contributed by atoms with Gasteiger partial charge in [-0.1, -0.05) is 0 Å². The van der Waals surface area contributed by atoms with Crippen molar-refractivity contribution in [3.8, 4) is 0 Å². The number of methoxy groups -OCH3 is 1. The van der Waals surface area contributed by atoms with Crippen molar-refractivity contribution < 1.29 is 19.1 Å². The van der Waals surface area contributed by atoms with Gasteiger partial charge in [0.1, 0.15) is 12.1 Å². The van der Waals surface area contributed by atoms with Gasteiger partial charge in [0, 0.05) is 19.1 Å². The summed E-state index contributed by atoms with van der Waals surface area (Å²) < 4.78 is 5.34. The molecule has 3 fully saturated rings. The van der Waals surface area contributed by atoms with Crippen LogP contribution < -0.4 is 16.0 Å². The van der Waals surface area contributed by atoms with E-state index in [1.807, 2.05) is 0 Å². The lowest BCUT2D eigenvalue weighted by Gasteiger charge is -2.37. The molecule has 3 aliphatic rings. The zero-order valence-electron chi connectivity index (χ0n) is 15.4. The Kier molecular flexibility index (Phi) is 6.52. The van der Waals surface area contributed by atoms with Gasteiger partial charge in [0.05, 0.1) is 6.61 Å². The third-order valence-electron chi connectivity index (χ3n) is 5.77. The van der Waals surface area contributed by atoms with Crippen LogP contribution in [0.1, 0.15) is 32.6 Å². The van der Waals surface area contributed by atoms with Gasteiger partial charge in [0.2, 0.25) is 5.91 Å². The SMILES string of the molecule is COCC1(CNC(=O)CN2C(=O)NC(C)(C3CC3)C2=O)CCNCC1.Cl. The minimum absolute atomic E-state index is 0. The molecule has 0 spiro atoms. The van der Waals surface area contributed by atoms with Crippen molar-refractivity contribution in [2.45, 2.75) is 38.1 Å². The van der Waals surface area contributed by atoms with Crippen LogP contribution in [0.25, 0.3) is 0 Å². The first-order chi connectivity index (χ1) is 11.9. The highest BCUT2D eigenvalue weighted by Gasteiger charge is 2.56. The van der Waals surface area contributed by atoms with E-state index in [0.29, 0.717) is 13.2 Å². The average molecular weight is 389 g/mol. The maximum absolute atomic E-state index is 12.6. The van der Waals surface area contributed by atoms with E-state index in [4.69, 9.17) is 4.74 Å². The predicted molar refractivity (Wildman–Crippen MR) is 98.0 cm³/mol. The molecule has 8 nitrogen and oxygen atoms in total. The van der Waals surface area contributed by atoms with Crippen molar-refractivity contribution in [3.63, 3.8) is 0 Å². The number of urea groups is 1. The molecule has 1 atom stereocenters. The van der Waals surface area contributed by atoms with Gasteiger partial charge in [0.25, 0.3) is 5.91 Å². The molecule has 4 amide bonds. The molecule has 1 aliphatic carbocycles. The molecule has 0 aromatic rings. The molecule has 3 rings (SSSR count). The maximum atomic E-state index is 12.6. The number of hydrogen-bond acceptors (Lipinski definition) is 5. The summed E-state index contributed by atoms with van der Waals surface area (Å²) in [6, 6.07) is -0.469. The molecule has 0 aromatic carbocycles. The van der Waals surface area contributed by atoms with E-state index < -0.39 is 11.6 Å². The molecule has 0 bridgehead atoms. The summed E-state index contributed by atoms with van der Waals surface area (Å²) in [5.74, 6) is -0.405. The van der Waals surface area contributed by atoms with Gasteiger partial charge in [-0.05, 0) is 51.6 Å². The number of piperidine rings is 1. The smallest absolute Gasteiger partial charge is 0.325 e. The zero-order valence-corrected chi connectivity index (χ0v) is 16.2. The van der Waals surface area contributed by atoms with Crippen LogP contribution in [0.4, 0.5) is 4.79 Å². The van der Waals surface area contributed by atoms with E-state index in [1.54, 1.807) is 14.0 Å². The van der Waals surface area contributed by atoms with Gasteiger partial charge >= 0.3 is 6.03 Å². The molecule has 2 heterocycles. The van der Waals surface area contributed by atoms with E-state index >= 15 is 0 Å². The summed E-state index contributed by atoms with van der Waals surface area (Å²) in [6.45, 7) is 4.39. The van der Waals surface area contributed by atoms with Crippen LogP contribution in [-0.2, 0) is 14.3 Å². The maximum Gasteiger partial charge on any atom is 0.325 e. The number of hydrogen-bond donors (Lipinski definition) is 3. The van der Waals surface area contributed by atoms with E-state index in [-0.39, 0.29) is 42.1 Å². The summed E-state index contributed by atoms with van der Waals surface area (Å²) in [7, 11) is 1.66. The van der Waals surface area contributed by atoms with Crippen LogP contribution >= 0.6 is 12.4 Å². The Morgan fingerprint density at radius 1 is 1.31 bits per heavy atom. The molecule has 2 aliphatic heterocycles. The van der Waals surface area contributed by atoms with Gasteiger partial charge in [0.15, 0.2) is 0 Å². The standard InChI is InChI=1S/C17H28N4O4.ClH/c1-16(12-3-4-12)14(23)21(15(24)20-16)9-13(22)19-10-17(11-25-2)5-7-18-8-6-17;/h12,18H,3-11H2,1-2H3,(H,19,22)(H,20,24);1H. The van der Waals surface area contributed by atoms with Crippen LogP contribution in [0.15, 0.2) is 0 Å². The van der Waals surface area contributed by atoms with E-state index in [0.717, 1.165) is 43.7 Å². The fourth-order valence-corrected chi connectivity index (χ4v) is 3.92. The Hall–Kier alpha value is -1.38. The minimum Gasteiger partial charge on any atom is -0.384 e. The fourth-order valence-electron chi connectivity index (χ4n) is 3.92. The van der Waals surface area contributed by atoms with Crippen LogP contribution in [0, 0.1) is 11.3 Å². The molecule has 9 heteroatoms. The zero-order chi connectivity index (χ0) is 18.1. The quantitative estimate of drug-likeness (QED) is 0.543. The number of ether oxygens (including phenoxy) is 1. The van der Waals surface area contributed by atoms with E-state index in [9.17, 15) is 14.4 Å². The number of rotatable bonds is 7. The van der Waals surface area contributed by atoms with Crippen LogP contribution in [0.5, 0.6) is 0 Å². The van der Waals surface area contributed by atoms with Gasteiger partial charge in [-0.2, -0.15) is 0 Å². The van der Waals surface area contributed by atoms with Crippen molar-refractivity contribution in [2.75, 3.05) is 39.9 Å². The molecule has 3 N–H and O–H groups in total. The second-order valence-corrected chi connectivity index (χ2v) is 7.76. The van der Waals surface area contributed by atoms with Crippen molar-refractivity contribution in [1.29, 1.82) is 0 Å². The molecule has 1 saturated carbocycles. The topological polar surface area (TPSA) is 99.8 Å². The first-order valence-corrected chi connectivity index (χ1v) is 9.01. The van der Waals surface area contributed by atoms with Crippen LogP contribution in [0.3, 0.4) is 0 Å². The predicted octanol–water partition coefficient (Wildman–Crippen LogP) is 0.261. The molecular weight excluding hydrogens is 360 g/mol. The largest absolute Gasteiger partial charge is 0.384 e. The second kappa shape index (κ2) is 8.10. The van der Waals surface area contributed by atoms with E-state index in [1.165, 1.54) is 0 Å². The lowest BCUT2D eigenvalue weighted by molar-refractivity contribution is -0.135. The summed E-state index contributed by atoms with van der Waals surface area (Å²) in [5.41, 5.74) is -0.931. The highest BCUT2D eigenvalue weighted by atomic mass is 35.5. The number of halogens is 1. The fraction of sp³-hybridized carbons (Fsp3) is 0.824. The van der Waals surface area contributed by atoms with Gasteiger partial charge in [-0.15, -0.1) is 12.4 Å². The van der Waals surface area contributed by atoms with Gasteiger partial charge in [-0.25, -0.2) is 4.79 Å². The number of nitrogens with one attached hydrogen (secondary N) is 3. The normalized spacial score (nSPS) is 27.7. The second-order valence-electron chi connectivity index (χ2n) is 7.76. The molecule has 1 unspecified atom stereocenters. The summed E-state index contributed by atoms with van der Waals surface area (Å²) >= 11 is 0. The Morgan fingerprint density at radius 3 is 2.54 bits per heavy atom. The number of carbonyl (C=O) groups is 3. The highest BCUT2D eigenvalue weighted by molar-refractivity contribution is 6.09. The number of amides is 4. The Morgan fingerprint density at radius 2 is 1.96 bits per heavy atom. The first-order valence-electron chi connectivity index (χ1n) is 9.01. The molecule has 0 radical (unpaired) electrons.